The van der Waals surface area contributed by atoms with E-state index in [1.54, 1.807) is 19.1 Å². The highest BCUT2D eigenvalue weighted by Crippen LogP contribution is 2.31. The average molecular weight is 480 g/mol. The number of benzene rings is 1. The van der Waals surface area contributed by atoms with Gasteiger partial charge in [0, 0.05) is 12.1 Å². The summed E-state index contributed by atoms with van der Waals surface area (Å²) in [7, 11) is 0. The van der Waals surface area contributed by atoms with E-state index >= 15 is 0 Å². The van der Waals surface area contributed by atoms with Crippen molar-refractivity contribution in [2.75, 3.05) is 31.5 Å². The van der Waals surface area contributed by atoms with Gasteiger partial charge in [-0.2, -0.15) is 4.37 Å². The quantitative estimate of drug-likeness (QED) is 0.350. The Morgan fingerprint density at radius 2 is 1.91 bits per heavy atom. The molecule has 1 aromatic heterocycles. The standard InChI is InChI=1S/C23H34FN5O3S/c1-4-29(5-2)13-9-7-6-8-12-26-23(31)27-22-19(20(25)30)21(28-33-22)32-15-17-11-10-16(3)14-18(17)24/h10-11,14H,4-9,12-13,15H2,1-3H3,(H2,25,30)(H2,26,27,31). The van der Waals surface area contributed by atoms with E-state index in [0.29, 0.717) is 12.1 Å². The number of aromatic nitrogens is 1. The van der Waals surface area contributed by atoms with Crippen LogP contribution in [0.1, 0.15) is 61.0 Å². The lowest BCUT2D eigenvalue weighted by Gasteiger charge is -2.17. The van der Waals surface area contributed by atoms with Gasteiger partial charge in [-0.25, -0.2) is 9.18 Å². The molecule has 0 saturated carbocycles. The summed E-state index contributed by atoms with van der Waals surface area (Å²) >= 11 is 0.886. The molecule has 10 heteroatoms. The molecular weight excluding hydrogens is 445 g/mol. The number of ether oxygens (including phenoxy) is 1. The van der Waals surface area contributed by atoms with Gasteiger partial charge in [0.25, 0.3) is 5.91 Å². The second-order valence-electron chi connectivity index (χ2n) is 7.76. The molecule has 1 heterocycles. The highest BCUT2D eigenvalue weighted by Gasteiger charge is 2.22. The number of amides is 3. The summed E-state index contributed by atoms with van der Waals surface area (Å²) in [5.74, 6) is -1.22. The molecule has 2 rings (SSSR count). The van der Waals surface area contributed by atoms with Crippen LogP contribution in [0.4, 0.5) is 14.2 Å². The van der Waals surface area contributed by atoms with Crippen LogP contribution in [0.25, 0.3) is 0 Å². The summed E-state index contributed by atoms with van der Waals surface area (Å²) in [5, 5.41) is 5.57. The smallest absolute Gasteiger partial charge is 0.319 e. The molecule has 0 aliphatic carbocycles. The lowest BCUT2D eigenvalue weighted by molar-refractivity contribution is 0.0996. The maximum Gasteiger partial charge on any atom is 0.319 e. The number of nitrogens with one attached hydrogen (secondary N) is 2. The van der Waals surface area contributed by atoms with Crippen LogP contribution in [0, 0.1) is 12.7 Å². The second kappa shape index (κ2) is 13.7. The van der Waals surface area contributed by atoms with Crippen LogP contribution in [0.2, 0.25) is 0 Å². The predicted molar refractivity (Wildman–Crippen MR) is 129 cm³/mol. The van der Waals surface area contributed by atoms with Crippen LogP contribution in [0.15, 0.2) is 18.2 Å². The molecule has 2 aromatic rings. The van der Waals surface area contributed by atoms with Crippen molar-refractivity contribution >= 4 is 28.5 Å². The Balaban J connectivity index is 1.80. The van der Waals surface area contributed by atoms with Crippen molar-refractivity contribution < 1.29 is 18.7 Å². The van der Waals surface area contributed by atoms with Gasteiger partial charge in [-0.15, -0.1) is 0 Å². The van der Waals surface area contributed by atoms with Crippen LogP contribution in [-0.2, 0) is 6.61 Å². The molecular formula is C23H34FN5O3S. The van der Waals surface area contributed by atoms with Crippen molar-refractivity contribution in [3.05, 3.63) is 40.7 Å². The van der Waals surface area contributed by atoms with E-state index in [1.807, 2.05) is 0 Å². The number of anilines is 1. The summed E-state index contributed by atoms with van der Waals surface area (Å²) in [4.78, 5) is 26.5. The summed E-state index contributed by atoms with van der Waals surface area (Å²) in [6, 6.07) is 4.33. The van der Waals surface area contributed by atoms with Crippen LogP contribution in [0.3, 0.4) is 0 Å². The number of hydrogen-bond acceptors (Lipinski definition) is 6. The number of nitrogens with zero attached hydrogens (tertiary/aromatic N) is 2. The minimum absolute atomic E-state index is 0.0286. The first kappa shape index (κ1) is 26.5. The minimum atomic E-state index is -0.786. The lowest BCUT2D eigenvalue weighted by Crippen LogP contribution is -2.30. The topological polar surface area (TPSA) is 110 Å². The number of aryl methyl sites for hydroxylation is 1. The maximum absolute atomic E-state index is 14.0. The molecule has 0 aliphatic rings. The number of rotatable bonds is 14. The van der Waals surface area contributed by atoms with Crippen molar-refractivity contribution in [1.82, 2.24) is 14.6 Å². The van der Waals surface area contributed by atoms with Crippen LogP contribution >= 0.6 is 11.5 Å². The molecule has 0 aliphatic heterocycles. The molecule has 0 unspecified atom stereocenters. The third-order valence-corrected chi connectivity index (χ3v) is 6.03. The molecule has 0 radical (unpaired) electrons. The Labute approximate surface area is 198 Å². The van der Waals surface area contributed by atoms with Gasteiger partial charge in [-0.05, 0) is 62.6 Å². The number of nitrogens with two attached hydrogens (primary N) is 1. The number of unbranched alkanes of at least 4 members (excludes halogenated alkanes) is 3. The largest absolute Gasteiger partial charge is 0.471 e. The van der Waals surface area contributed by atoms with Gasteiger partial charge >= 0.3 is 6.03 Å². The maximum atomic E-state index is 14.0. The summed E-state index contributed by atoms with van der Waals surface area (Å²) < 4.78 is 23.6. The van der Waals surface area contributed by atoms with Crippen LogP contribution in [-0.4, -0.2) is 47.4 Å². The number of carbonyl (C=O) groups is 2. The van der Waals surface area contributed by atoms with Gasteiger partial charge in [-0.1, -0.05) is 38.8 Å². The molecule has 0 fully saturated rings. The van der Waals surface area contributed by atoms with E-state index in [-0.39, 0.29) is 23.1 Å². The molecule has 4 N–H and O–H groups in total. The average Bonchev–Trinajstić information content (AvgIpc) is 3.17. The van der Waals surface area contributed by atoms with Gasteiger partial charge in [0.05, 0.1) is 0 Å². The molecule has 0 bridgehead atoms. The molecule has 0 saturated heterocycles. The van der Waals surface area contributed by atoms with Gasteiger partial charge in [-0.3, -0.25) is 10.1 Å². The first-order valence-corrected chi connectivity index (χ1v) is 12.1. The normalized spacial score (nSPS) is 10.9. The first-order chi connectivity index (χ1) is 15.8. The number of urea groups is 1. The highest BCUT2D eigenvalue weighted by atomic mass is 32.1. The van der Waals surface area contributed by atoms with E-state index in [0.717, 1.165) is 62.4 Å². The van der Waals surface area contributed by atoms with E-state index in [4.69, 9.17) is 10.5 Å². The van der Waals surface area contributed by atoms with Crippen molar-refractivity contribution in [1.29, 1.82) is 0 Å². The third-order valence-electron chi connectivity index (χ3n) is 5.29. The fourth-order valence-electron chi connectivity index (χ4n) is 3.30. The zero-order valence-corrected chi connectivity index (χ0v) is 20.4. The number of hydrogen-bond donors (Lipinski definition) is 3. The van der Waals surface area contributed by atoms with Gasteiger partial charge in [0.2, 0.25) is 5.88 Å². The van der Waals surface area contributed by atoms with E-state index < -0.39 is 17.8 Å². The van der Waals surface area contributed by atoms with Gasteiger partial charge in [0.15, 0.2) is 0 Å². The predicted octanol–water partition coefficient (Wildman–Crippen LogP) is 4.29. The summed E-state index contributed by atoms with van der Waals surface area (Å²) in [5.41, 5.74) is 6.55. The number of halogens is 1. The van der Waals surface area contributed by atoms with Crippen LogP contribution in [0.5, 0.6) is 5.88 Å². The number of primary amides is 1. The van der Waals surface area contributed by atoms with Crippen molar-refractivity contribution in [2.24, 2.45) is 5.73 Å². The van der Waals surface area contributed by atoms with Crippen molar-refractivity contribution in [3.8, 4) is 5.88 Å². The second-order valence-corrected chi connectivity index (χ2v) is 8.54. The van der Waals surface area contributed by atoms with Crippen LogP contribution < -0.4 is 21.1 Å². The molecule has 182 valence electrons. The van der Waals surface area contributed by atoms with E-state index in [1.165, 1.54) is 6.07 Å². The fourth-order valence-corrected chi connectivity index (χ4v) is 4.03. The fraction of sp³-hybridized carbons (Fsp3) is 0.522. The van der Waals surface area contributed by atoms with E-state index in [2.05, 4.69) is 33.8 Å². The van der Waals surface area contributed by atoms with Gasteiger partial charge in [0.1, 0.15) is 23.0 Å². The van der Waals surface area contributed by atoms with Crippen molar-refractivity contribution in [2.45, 2.75) is 53.1 Å². The molecule has 8 nitrogen and oxygen atoms in total. The Bertz CT molecular complexity index is 917. The van der Waals surface area contributed by atoms with Gasteiger partial charge < -0.3 is 20.7 Å². The summed E-state index contributed by atoms with van der Waals surface area (Å²) in [6.07, 6.45) is 4.16. The Kier molecular flexibility index (Phi) is 11.0. The number of carbonyl (C=O) groups excluding carboxylic acids is 2. The Morgan fingerprint density at radius 1 is 1.18 bits per heavy atom. The molecule has 1 aromatic carbocycles. The minimum Gasteiger partial charge on any atom is -0.471 e. The SMILES string of the molecule is CCN(CC)CCCCCCNC(=O)Nc1snc(OCc2ccc(C)cc2F)c1C(N)=O. The zero-order valence-electron chi connectivity index (χ0n) is 19.6. The summed E-state index contributed by atoms with van der Waals surface area (Å²) in [6.45, 7) is 9.76. The Morgan fingerprint density at radius 3 is 2.58 bits per heavy atom. The highest BCUT2D eigenvalue weighted by molar-refractivity contribution is 7.11. The lowest BCUT2D eigenvalue weighted by atomic mass is 10.1. The van der Waals surface area contributed by atoms with Crippen molar-refractivity contribution in [3.63, 3.8) is 0 Å². The van der Waals surface area contributed by atoms with E-state index in [9.17, 15) is 14.0 Å². The molecule has 0 spiro atoms. The zero-order chi connectivity index (χ0) is 24.2. The molecule has 33 heavy (non-hydrogen) atoms. The monoisotopic (exact) mass is 479 g/mol. The Hall–Kier alpha value is -2.72. The molecule has 3 amide bonds. The third kappa shape index (κ3) is 8.62. The first-order valence-electron chi connectivity index (χ1n) is 11.3. The molecule has 0 atom stereocenters.